The first-order valence-electron chi connectivity index (χ1n) is 9.93. The Morgan fingerprint density at radius 3 is 2.59 bits per heavy atom. The Balaban J connectivity index is 1.54. The lowest BCUT2D eigenvalue weighted by atomic mass is 9.76. The number of nitrogens with one attached hydrogen (secondary N) is 1. The highest BCUT2D eigenvalue weighted by molar-refractivity contribution is 5.68. The van der Waals surface area contributed by atoms with Gasteiger partial charge in [-0.3, -0.25) is 10.3 Å². The summed E-state index contributed by atoms with van der Waals surface area (Å²) in [6.07, 6.45) is 11.6. The van der Waals surface area contributed by atoms with E-state index in [1.54, 1.807) is 13.2 Å². The molecule has 27 heavy (non-hydrogen) atoms. The van der Waals surface area contributed by atoms with Gasteiger partial charge in [-0.1, -0.05) is 6.08 Å². The second-order valence-electron chi connectivity index (χ2n) is 8.02. The number of aliphatic hydroxyl groups is 1. The fraction of sp³-hybridized carbons (Fsp3) is 0.545. The molecule has 2 saturated carbocycles. The Kier molecular flexibility index (Phi) is 4.91. The largest absolute Gasteiger partial charge is 0.493 e. The molecular weight excluding hydrogens is 342 g/mol. The van der Waals surface area contributed by atoms with Crippen molar-refractivity contribution < 1.29 is 19.4 Å². The highest BCUT2D eigenvalue weighted by Crippen LogP contribution is 2.43. The molecule has 0 bridgehead atoms. The molecule has 1 aromatic carbocycles. The molecule has 4 rings (SSSR count). The highest BCUT2D eigenvalue weighted by atomic mass is 16.7. The molecule has 0 aromatic heterocycles. The molecule has 2 fully saturated rings. The Morgan fingerprint density at radius 1 is 1.19 bits per heavy atom. The first kappa shape index (κ1) is 18.4. The average Bonchev–Trinajstić information content (AvgIpc) is 3.35. The molecule has 0 radical (unpaired) electrons. The van der Waals surface area contributed by atoms with Gasteiger partial charge in [0.2, 0.25) is 0 Å². The van der Waals surface area contributed by atoms with E-state index in [-0.39, 0.29) is 11.7 Å². The topological polar surface area (TPSA) is 60.0 Å². The molecule has 5 nitrogen and oxygen atoms in total. The molecule has 146 valence electrons. The molecule has 0 unspecified atom stereocenters. The quantitative estimate of drug-likeness (QED) is 0.763. The van der Waals surface area contributed by atoms with Crippen molar-refractivity contribution in [2.45, 2.75) is 68.7 Å². The molecule has 0 amide bonds. The van der Waals surface area contributed by atoms with Gasteiger partial charge in [0.1, 0.15) is 5.60 Å². The maximum atomic E-state index is 10.4. The van der Waals surface area contributed by atoms with Crippen LogP contribution in [0.2, 0.25) is 0 Å². The zero-order valence-corrected chi connectivity index (χ0v) is 16.0. The molecule has 2 aliphatic carbocycles. The van der Waals surface area contributed by atoms with Crippen molar-refractivity contribution in [3.05, 3.63) is 42.5 Å². The SMILES string of the molecule is C=CC1(O)CCC2(C=C(c3ccc(OC)c(OC4CCCC4)c3)NO2)CC1. The van der Waals surface area contributed by atoms with Gasteiger partial charge in [-0.2, -0.15) is 0 Å². The molecule has 1 heterocycles. The summed E-state index contributed by atoms with van der Waals surface area (Å²) < 4.78 is 11.7. The van der Waals surface area contributed by atoms with Crippen LogP contribution in [0.4, 0.5) is 0 Å². The van der Waals surface area contributed by atoms with E-state index in [2.05, 4.69) is 18.1 Å². The van der Waals surface area contributed by atoms with Crippen LogP contribution in [-0.2, 0) is 4.84 Å². The zero-order valence-electron chi connectivity index (χ0n) is 16.0. The van der Waals surface area contributed by atoms with E-state index >= 15 is 0 Å². The third kappa shape index (κ3) is 3.71. The molecule has 2 N–H and O–H groups in total. The van der Waals surface area contributed by atoms with E-state index in [0.29, 0.717) is 12.8 Å². The van der Waals surface area contributed by atoms with E-state index in [4.69, 9.17) is 14.3 Å². The van der Waals surface area contributed by atoms with Crippen LogP contribution in [0, 0.1) is 0 Å². The summed E-state index contributed by atoms with van der Waals surface area (Å²) in [7, 11) is 1.67. The molecular formula is C22H29NO4. The average molecular weight is 371 g/mol. The smallest absolute Gasteiger partial charge is 0.162 e. The van der Waals surface area contributed by atoms with E-state index < -0.39 is 5.60 Å². The van der Waals surface area contributed by atoms with Gasteiger partial charge in [-0.05, 0) is 75.6 Å². The van der Waals surface area contributed by atoms with Crippen molar-refractivity contribution >= 4 is 5.70 Å². The van der Waals surface area contributed by atoms with E-state index in [1.807, 2.05) is 18.2 Å². The van der Waals surface area contributed by atoms with Gasteiger partial charge in [0.05, 0.1) is 24.5 Å². The van der Waals surface area contributed by atoms with Crippen LogP contribution in [0.1, 0.15) is 56.9 Å². The Morgan fingerprint density at radius 2 is 1.93 bits per heavy atom. The lowest BCUT2D eigenvalue weighted by Gasteiger charge is -2.38. The lowest BCUT2D eigenvalue weighted by molar-refractivity contribution is -0.0903. The standard InChI is InChI=1S/C22H29NO4/c1-3-21(24)10-12-22(13-11-21)15-18(23-27-22)16-8-9-19(25-2)20(14-16)26-17-6-4-5-7-17/h3,8-9,14-15,17,23-24H,1,4-7,10-13H2,2H3. The van der Waals surface area contributed by atoms with E-state index in [0.717, 1.165) is 48.4 Å². The summed E-state index contributed by atoms with van der Waals surface area (Å²) in [5.74, 6) is 1.55. The van der Waals surface area contributed by atoms with Crippen molar-refractivity contribution in [3.63, 3.8) is 0 Å². The molecule has 1 spiro atoms. The third-order valence-corrected chi connectivity index (χ3v) is 6.18. The number of methoxy groups -OCH3 is 1. The summed E-state index contributed by atoms with van der Waals surface area (Å²) >= 11 is 0. The monoisotopic (exact) mass is 371 g/mol. The van der Waals surface area contributed by atoms with Crippen LogP contribution in [-0.4, -0.2) is 29.5 Å². The molecule has 1 aromatic rings. The minimum absolute atomic E-state index is 0.275. The number of hydrogen-bond donors (Lipinski definition) is 2. The number of benzene rings is 1. The van der Waals surface area contributed by atoms with Crippen molar-refractivity contribution in [3.8, 4) is 11.5 Å². The second-order valence-corrected chi connectivity index (χ2v) is 8.02. The van der Waals surface area contributed by atoms with Gasteiger partial charge in [-0.15, -0.1) is 6.58 Å². The summed E-state index contributed by atoms with van der Waals surface area (Å²) in [6.45, 7) is 3.75. The summed E-state index contributed by atoms with van der Waals surface area (Å²) in [5.41, 5.74) is 3.92. The number of hydroxylamine groups is 1. The van der Waals surface area contributed by atoms with Crippen LogP contribution in [0.5, 0.6) is 11.5 Å². The minimum atomic E-state index is -0.770. The number of rotatable bonds is 5. The summed E-state index contributed by atoms with van der Waals surface area (Å²) in [4.78, 5) is 5.96. The summed E-state index contributed by atoms with van der Waals surface area (Å²) in [5, 5.41) is 10.4. The van der Waals surface area contributed by atoms with Crippen molar-refractivity contribution in [1.82, 2.24) is 5.48 Å². The van der Waals surface area contributed by atoms with Gasteiger partial charge < -0.3 is 14.6 Å². The van der Waals surface area contributed by atoms with E-state index in [9.17, 15) is 5.11 Å². The maximum absolute atomic E-state index is 10.4. The molecule has 0 saturated heterocycles. The Bertz CT molecular complexity index is 728. The zero-order chi connectivity index (χ0) is 18.9. The van der Waals surface area contributed by atoms with Crippen LogP contribution < -0.4 is 15.0 Å². The molecule has 3 aliphatic rings. The summed E-state index contributed by atoms with van der Waals surface area (Å²) in [6, 6.07) is 6.00. The fourth-order valence-electron chi connectivity index (χ4n) is 4.30. The lowest BCUT2D eigenvalue weighted by Crippen LogP contribution is -2.41. The first-order valence-corrected chi connectivity index (χ1v) is 9.93. The minimum Gasteiger partial charge on any atom is -0.493 e. The normalized spacial score (nSPS) is 30.8. The third-order valence-electron chi connectivity index (χ3n) is 6.18. The Labute approximate surface area is 161 Å². The van der Waals surface area contributed by atoms with Crippen LogP contribution in [0.15, 0.2) is 36.9 Å². The number of hydrogen-bond acceptors (Lipinski definition) is 5. The van der Waals surface area contributed by atoms with E-state index in [1.165, 1.54) is 12.8 Å². The second kappa shape index (κ2) is 7.21. The van der Waals surface area contributed by atoms with Gasteiger partial charge in [-0.25, -0.2) is 0 Å². The molecule has 1 aliphatic heterocycles. The predicted molar refractivity (Wildman–Crippen MR) is 104 cm³/mol. The van der Waals surface area contributed by atoms with Crippen molar-refractivity contribution in [2.24, 2.45) is 0 Å². The van der Waals surface area contributed by atoms with Crippen molar-refractivity contribution in [2.75, 3.05) is 7.11 Å². The van der Waals surface area contributed by atoms with Crippen LogP contribution in [0.3, 0.4) is 0 Å². The van der Waals surface area contributed by atoms with Gasteiger partial charge in [0, 0.05) is 5.56 Å². The highest BCUT2D eigenvalue weighted by Gasteiger charge is 2.43. The van der Waals surface area contributed by atoms with Crippen LogP contribution >= 0.6 is 0 Å². The van der Waals surface area contributed by atoms with Gasteiger partial charge in [0.25, 0.3) is 0 Å². The van der Waals surface area contributed by atoms with Crippen LogP contribution in [0.25, 0.3) is 5.70 Å². The van der Waals surface area contributed by atoms with Gasteiger partial charge >= 0.3 is 0 Å². The van der Waals surface area contributed by atoms with Gasteiger partial charge in [0.15, 0.2) is 11.5 Å². The fourth-order valence-corrected chi connectivity index (χ4v) is 4.30. The molecule has 5 heteroatoms. The Hall–Kier alpha value is -1.98. The number of ether oxygens (including phenoxy) is 2. The molecule has 0 atom stereocenters. The maximum Gasteiger partial charge on any atom is 0.162 e. The predicted octanol–water partition coefficient (Wildman–Crippen LogP) is 4.12. The van der Waals surface area contributed by atoms with Crippen molar-refractivity contribution in [1.29, 1.82) is 0 Å². The first-order chi connectivity index (χ1) is 13.0.